The number of carbonyl (C=O) groups is 1. The van der Waals surface area contributed by atoms with Gasteiger partial charge in [0.05, 0.1) is 0 Å². The first-order valence-electron chi connectivity index (χ1n) is 6.76. The average molecular weight is 234 g/mol. The summed E-state index contributed by atoms with van der Waals surface area (Å²) >= 11 is 0. The van der Waals surface area contributed by atoms with Crippen molar-refractivity contribution in [3.8, 4) is 0 Å². The molecule has 0 N–H and O–H groups in total. The SMILES string of the molecule is Cn1ccnc1CCC(=O)C1CCCCCC1. The molecule has 1 heterocycles. The van der Waals surface area contributed by atoms with E-state index in [0.717, 1.165) is 25.1 Å². The summed E-state index contributed by atoms with van der Waals surface area (Å²) in [7, 11) is 1.98. The summed E-state index contributed by atoms with van der Waals surface area (Å²) in [5.41, 5.74) is 0. The molecular formula is C14H22N2O. The number of carbonyl (C=O) groups excluding carboxylic acids is 1. The van der Waals surface area contributed by atoms with Crippen LogP contribution in [0.15, 0.2) is 12.4 Å². The smallest absolute Gasteiger partial charge is 0.136 e. The summed E-state index contributed by atoms with van der Waals surface area (Å²) in [5, 5.41) is 0. The molecule has 1 aliphatic carbocycles. The average Bonchev–Trinajstić information content (AvgIpc) is 2.58. The lowest BCUT2D eigenvalue weighted by Gasteiger charge is -2.12. The maximum Gasteiger partial charge on any atom is 0.136 e. The number of hydrogen-bond donors (Lipinski definition) is 0. The first kappa shape index (κ1) is 12.3. The number of nitrogens with zero attached hydrogens (tertiary/aromatic N) is 2. The molecule has 0 radical (unpaired) electrons. The highest BCUT2D eigenvalue weighted by molar-refractivity contribution is 5.81. The van der Waals surface area contributed by atoms with Gasteiger partial charge in [0.25, 0.3) is 0 Å². The van der Waals surface area contributed by atoms with E-state index in [1.165, 1.54) is 25.7 Å². The minimum absolute atomic E-state index is 0.331. The minimum Gasteiger partial charge on any atom is -0.338 e. The second-order valence-corrected chi connectivity index (χ2v) is 5.11. The predicted octanol–water partition coefficient (Wildman–Crippen LogP) is 2.89. The van der Waals surface area contributed by atoms with Crippen LogP contribution < -0.4 is 0 Å². The molecule has 17 heavy (non-hydrogen) atoms. The van der Waals surface area contributed by atoms with E-state index in [2.05, 4.69) is 4.98 Å². The summed E-state index contributed by atoms with van der Waals surface area (Å²) in [5.74, 6) is 1.81. The number of aryl methyl sites for hydroxylation is 2. The van der Waals surface area contributed by atoms with Crippen LogP contribution in [-0.2, 0) is 18.3 Å². The summed E-state index contributed by atoms with van der Waals surface area (Å²) in [4.78, 5) is 16.4. The van der Waals surface area contributed by atoms with Crippen LogP contribution in [0.4, 0.5) is 0 Å². The van der Waals surface area contributed by atoms with Crippen LogP contribution in [0.5, 0.6) is 0 Å². The highest BCUT2D eigenvalue weighted by atomic mass is 16.1. The number of aromatic nitrogens is 2. The van der Waals surface area contributed by atoms with Gasteiger partial charge in [0.1, 0.15) is 11.6 Å². The maximum atomic E-state index is 12.1. The third-order valence-corrected chi connectivity index (χ3v) is 3.83. The van der Waals surface area contributed by atoms with Crippen LogP contribution in [0.2, 0.25) is 0 Å². The summed E-state index contributed by atoms with van der Waals surface area (Å²) < 4.78 is 2.00. The number of rotatable bonds is 4. The Kier molecular flexibility index (Phi) is 4.35. The van der Waals surface area contributed by atoms with E-state index in [0.29, 0.717) is 18.1 Å². The Balaban J connectivity index is 1.82. The number of ketones is 1. The van der Waals surface area contributed by atoms with Gasteiger partial charge in [-0.15, -0.1) is 0 Å². The van der Waals surface area contributed by atoms with Gasteiger partial charge in [0.15, 0.2) is 0 Å². The van der Waals surface area contributed by atoms with Gasteiger partial charge in [-0.2, -0.15) is 0 Å². The molecule has 1 aromatic rings. The molecule has 3 nitrogen and oxygen atoms in total. The lowest BCUT2D eigenvalue weighted by molar-refractivity contribution is -0.123. The molecule has 0 aliphatic heterocycles. The molecule has 94 valence electrons. The van der Waals surface area contributed by atoms with E-state index in [-0.39, 0.29) is 0 Å². The van der Waals surface area contributed by atoms with Crippen LogP contribution >= 0.6 is 0 Å². The highest BCUT2D eigenvalue weighted by Crippen LogP contribution is 2.24. The van der Waals surface area contributed by atoms with Gasteiger partial charge in [0.2, 0.25) is 0 Å². The molecule has 0 saturated heterocycles. The van der Waals surface area contributed by atoms with Crippen molar-refractivity contribution in [1.29, 1.82) is 0 Å². The van der Waals surface area contributed by atoms with Crippen molar-refractivity contribution in [2.45, 2.75) is 51.4 Å². The van der Waals surface area contributed by atoms with E-state index in [1.54, 1.807) is 6.20 Å². The van der Waals surface area contributed by atoms with Gasteiger partial charge in [-0.3, -0.25) is 4.79 Å². The second kappa shape index (κ2) is 5.99. The summed E-state index contributed by atoms with van der Waals surface area (Å²) in [6.45, 7) is 0. The zero-order valence-electron chi connectivity index (χ0n) is 10.7. The molecule has 1 fully saturated rings. The van der Waals surface area contributed by atoms with Crippen molar-refractivity contribution in [3.63, 3.8) is 0 Å². The lowest BCUT2D eigenvalue weighted by atomic mass is 9.93. The first-order valence-corrected chi connectivity index (χ1v) is 6.76. The van der Waals surface area contributed by atoms with E-state index < -0.39 is 0 Å². The monoisotopic (exact) mass is 234 g/mol. The molecule has 2 rings (SSSR count). The van der Waals surface area contributed by atoms with Gasteiger partial charge in [-0.1, -0.05) is 25.7 Å². The van der Waals surface area contributed by atoms with Crippen LogP contribution in [-0.4, -0.2) is 15.3 Å². The van der Waals surface area contributed by atoms with Gasteiger partial charge in [0, 0.05) is 38.2 Å². The van der Waals surface area contributed by atoms with Crippen LogP contribution in [0.1, 0.15) is 50.8 Å². The fourth-order valence-electron chi connectivity index (χ4n) is 2.68. The molecule has 1 aromatic heterocycles. The fraction of sp³-hybridized carbons (Fsp3) is 0.714. The summed E-state index contributed by atoms with van der Waals surface area (Å²) in [6.07, 6.45) is 12.5. The first-order chi connectivity index (χ1) is 8.27. The van der Waals surface area contributed by atoms with Crippen LogP contribution in [0.25, 0.3) is 0 Å². The predicted molar refractivity (Wildman–Crippen MR) is 67.7 cm³/mol. The standard InChI is InChI=1S/C14H22N2O/c1-16-11-10-15-14(16)9-8-13(17)12-6-4-2-3-5-7-12/h10-12H,2-9H2,1H3. The zero-order chi connectivity index (χ0) is 12.1. The van der Waals surface area contributed by atoms with Crippen molar-refractivity contribution in [2.75, 3.05) is 0 Å². The molecule has 0 spiro atoms. The Labute approximate surface area is 103 Å². The van der Waals surface area contributed by atoms with Crippen LogP contribution in [0.3, 0.4) is 0 Å². The molecule has 0 bridgehead atoms. The molecule has 0 unspecified atom stereocenters. The Morgan fingerprint density at radius 2 is 2.06 bits per heavy atom. The van der Waals surface area contributed by atoms with Gasteiger partial charge < -0.3 is 4.57 Å². The largest absolute Gasteiger partial charge is 0.338 e. The minimum atomic E-state index is 0.331. The van der Waals surface area contributed by atoms with Gasteiger partial charge in [-0.25, -0.2) is 4.98 Å². The van der Waals surface area contributed by atoms with Crippen molar-refractivity contribution in [2.24, 2.45) is 13.0 Å². The normalized spacial score (nSPS) is 17.9. The highest BCUT2D eigenvalue weighted by Gasteiger charge is 2.19. The van der Waals surface area contributed by atoms with E-state index in [1.807, 2.05) is 17.8 Å². The molecule has 1 aliphatic rings. The zero-order valence-corrected chi connectivity index (χ0v) is 10.7. The fourth-order valence-corrected chi connectivity index (χ4v) is 2.68. The van der Waals surface area contributed by atoms with E-state index in [9.17, 15) is 4.79 Å². The Morgan fingerprint density at radius 1 is 1.35 bits per heavy atom. The maximum absolute atomic E-state index is 12.1. The Bertz CT molecular complexity index is 362. The van der Waals surface area contributed by atoms with Gasteiger partial charge >= 0.3 is 0 Å². The topological polar surface area (TPSA) is 34.9 Å². The molecule has 0 atom stereocenters. The molecule has 1 saturated carbocycles. The van der Waals surface area contributed by atoms with E-state index >= 15 is 0 Å². The van der Waals surface area contributed by atoms with Crippen molar-refractivity contribution in [1.82, 2.24) is 9.55 Å². The third kappa shape index (κ3) is 3.42. The van der Waals surface area contributed by atoms with Crippen molar-refractivity contribution in [3.05, 3.63) is 18.2 Å². The van der Waals surface area contributed by atoms with E-state index in [4.69, 9.17) is 0 Å². The van der Waals surface area contributed by atoms with Crippen molar-refractivity contribution >= 4 is 5.78 Å². The number of Topliss-reactive ketones (excluding diaryl/α,β-unsaturated/α-hetero) is 1. The molecule has 3 heteroatoms. The number of hydrogen-bond acceptors (Lipinski definition) is 2. The quantitative estimate of drug-likeness (QED) is 0.751. The Morgan fingerprint density at radius 3 is 2.65 bits per heavy atom. The molecular weight excluding hydrogens is 212 g/mol. The second-order valence-electron chi connectivity index (χ2n) is 5.11. The van der Waals surface area contributed by atoms with Crippen LogP contribution in [0, 0.1) is 5.92 Å². The third-order valence-electron chi connectivity index (χ3n) is 3.83. The Hall–Kier alpha value is -1.12. The van der Waals surface area contributed by atoms with Gasteiger partial charge in [-0.05, 0) is 12.8 Å². The lowest BCUT2D eigenvalue weighted by Crippen LogP contribution is -2.15. The molecule has 0 amide bonds. The van der Waals surface area contributed by atoms with Crippen molar-refractivity contribution < 1.29 is 4.79 Å². The molecule has 0 aromatic carbocycles. The number of imidazole rings is 1. The summed E-state index contributed by atoms with van der Waals surface area (Å²) in [6, 6.07) is 0.